The Labute approximate surface area is 114 Å². The summed E-state index contributed by atoms with van der Waals surface area (Å²) < 4.78 is 0. The average molecular weight is 272 g/mol. The molecule has 0 unspecified atom stereocenters. The van der Waals surface area contributed by atoms with Crippen LogP contribution in [0.25, 0.3) is 0 Å². The van der Waals surface area contributed by atoms with Gasteiger partial charge in [-0.05, 0) is 23.1 Å². The monoisotopic (exact) mass is 272 g/mol. The fourth-order valence-corrected chi connectivity index (χ4v) is 2.73. The number of para-hydroxylation sites is 1. The van der Waals surface area contributed by atoms with Crippen LogP contribution in [0.1, 0.15) is 15.2 Å². The minimum atomic E-state index is -0.510. The highest BCUT2D eigenvalue weighted by Crippen LogP contribution is 2.22. The summed E-state index contributed by atoms with van der Waals surface area (Å²) in [7, 11) is 0. The van der Waals surface area contributed by atoms with Gasteiger partial charge in [0.2, 0.25) is 5.91 Å². The predicted molar refractivity (Wildman–Crippen MR) is 74.3 cm³/mol. The van der Waals surface area contributed by atoms with E-state index >= 15 is 0 Å². The third kappa shape index (κ3) is 2.37. The van der Waals surface area contributed by atoms with Gasteiger partial charge in [-0.2, -0.15) is 0 Å². The Hall–Kier alpha value is -2.14. The fraction of sp³-hybridized carbons (Fsp3) is 0.143. The van der Waals surface area contributed by atoms with Crippen LogP contribution in [0, 0.1) is 0 Å². The van der Waals surface area contributed by atoms with Crippen molar-refractivity contribution in [2.24, 2.45) is 0 Å². The maximum atomic E-state index is 12.0. The van der Waals surface area contributed by atoms with Gasteiger partial charge in [-0.15, -0.1) is 11.3 Å². The molecule has 0 fully saturated rings. The van der Waals surface area contributed by atoms with Crippen molar-refractivity contribution in [2.45, 2.75) is 12.5 Å². The standard InChI is InChI=1S/C14H12N2O2S/c17-13-11(16-14(18)12-6-3-7-19-12)8-9-4-1-2-5-10(9)15-13/h1-7,11H,8H2,(H,15,17)(H,16,18)/t11-/m0/s1. The molecule has 1 aliphatic rings. The topological polar surface area (TPSA) is 58.2 Å². The zero-order valence-corrected chi connectivity index (χ0v) is 10.9. The van der Waals surface area contributed by atoms with Gasteiger partial charge in [0.05, 0.1) is 4.88 Å². The minimum absolute atomic E-state index is 0.163. The van der Waals surface area contributed by atoms with Crippen LogP contribution in [0.4, 0.5) is 5.69 Å². The van der Waals surface area contributed by atoms with Crippen molar-refractivity contribution in [3.8, 4) is 0 Å². The molecule has 0 aliphatic carbocycles. The van der Waals surface area contributed by atoms with E-state index in [1.165, 1.54) is 11.3 Å². The molecule has 1 aromatic carbocycles. The van der Waals surface area contributed by atoms with E-state index < -0.39 is 6.04 Å². The number of benzene rings is 1. The number of anilines is 1. The number of hydrogen-bond acceptors (Lipinski definition) is 3. The van der Waals surface area contributed by atoms with Gasteiger partial charge in [0.15, 0.2) is 0 Å². The lowest BCUT2D eigenvalue weighted by atomic mass is 9.99. The molecule has 2 heterocycles. The molecule has 2 amide bonds. The van der Waals surface area contributed by atoms with Crippen molar-refractivity contribution in [3.05, 3.63) is 52.2 Å². The molecule has 0 saturated carbocycles. The molecule has 5 heteroatoms. The van der Waals surface area contributed by atoms with Crippen LogP contribution in [-0.2, 0) is 11.2 Å². The summed E-state index contributed by atoms with van der Waals surface area (Å²) in [4.78, 5) is 24.5. The van der Waals surface area contributed by atoms with E-state index in [0.29, 0.717) is 11.3 Å². The van der Waals surface area contributed by atoms with Crippen molar-refractivity contribution < 1.29 is 9.59 Å². The van der Waals surface area contributed by atoms with E-state index in [9.17, 15) is 9.59 Å². The highest BCUT2D eigenvalue weighted by molar-refractivity contribution is 7.12. The van der Waals surface area contributed by atoms with Crippen molar-refractivity contribution in [1.82, 2.24) is 5.32 Å². The van der Waals surface area contributed by atoms with Gasteiger partial charge in [0, 0.05) is 12.1 Å². The molecule has 0 saturated heterocycles. The number of carbonyl (C=O) groups excluding carboxylic acids is 2. The van der Waals surface area contributed by atoms with Gasteiger partial charge in [0.1, 0.15) is 6.04 Å². The molecule has 0 radical (unpaired) electrons. The van der Waals surface area contributed by atoms with Gasteiger partial charge < -0.3 is 10.6 Å². The first-order valence-electron chi connectivity index (χ1n) is 5.97. The Morgan fingerprint density at radius 1 is 1.26 bits per heavy atom. The lowest BCUT2D eigenvalue weighted by Crippen LogP contribution is -2.47. The molecule has 19 heavy (non-hydrogen) atoms. The summed E-state index contributed by atoms with van der Waals surface area (Å²) in [6.45, 7) is 0. The molecule has 2 N–H and O–H groups in total. The molecule has 4 nitrogen and oxygen atoms in total. The van der Waals surface area contributed by atoms with E-state index in [-0.39, 0.29) is 11.8 Å². The van der Waals surface area contributed by atoms with Crippen LogP contribution in [0.2, 0.25) is 0 Å². The molecule has 1 atom stereocenters. The lowest BCUT2D eigenvalue weighted by Gasteiger charge is -2.25. The van der Waals surface area contributed by atoms with Crippen LogP contribution < -0.4 is 10.6 Å². The Morgan fingerprint density at radius 3 is 2.89 bits per heavy atom. The smallest absolute Gasteiger partial charge is 0.262 e. The second kappa shape index (κ2) is 4.85. The van der Waals surface area contributed by atoms with Crippen molar-refractivity contribution >= 4 is 28.8 Å². The van der Waals surface area contributed by atoms with E-state index in [1.54, 1.807) is 6.07 Å². The SMILES string of the molecule is O=C(N[C@H]1Cc2ccccc2NC1=O)c1cccs1. The highest BCUT2D eigenvalue weighted by Gasteiger charge is 2.27. The molecular formula is C14H12N2O2S. The molecule has 0 bridgehead atoms. The number of fused-ring (bicyclic) bond motifs is 1. The summed E-state index contributed by atoms with van der Waals surface area (Å²) in [6.07, 6.45) is 0.527. The maximum Gasteiger partial charge on any atom is 0.262 e. The number of carbonyl (C=O) groups is 2. The number of thiophene rings is 1. The van der Waals surface area contributed by atoms with Crippen LogP contribution >= 0.6 is 11.3 Å². The number of hydrogen-bond donors (Lipinski definition) is 2. The van der Waals surface area contributed by atoms with Crippen molar-refractivity contribution in [3.63, 3.8) is 0 Å². The number of nitrogens with one attached hydrogen (secondary N) is 2. The van der Waals surface area contributed by atoms with Crippen LogP contribution in [-0.4, -0.2) is 17.9 Å². The number of amides is 2. The van der Waals surface area contributed by atoms with E-state index in [0.717, 1.165) is 11.3 Å². The van der Waals surface area contributed by atoms with Crippen LogP contribution in [0.15, 0.2) is 41.8 Å². The third-order valence-electron chi connectivity index (χ3n) is 3.07. The maximum absolute atomic E-state index is 12.0. The summed E-state index contributed by atoms with van der Waals surface area (Å²) >= 11 is 1.36. The van der Waals surface area contributed by atoms with Crippen molar-refractivity contribution in [2.75, 3.05) is 5.32 Å². The Kier molecular flexibility index (Phi) is 3.05. The Morgan fingerprint density at radius 2 is 2.11 bits per heavy atom. The molecular weight excluding hydrogens is 260 g/mol. The first kappa shape index (κ1) is 11.9. The Balaban J connectivity index is 1.76. The lowest BCUT2D eigenvalue weighted by molar-refractivity contribution is -0.118. The molecule has 2 aromatic rings. The zero-order valence-electron chi connectivity index (χ0n) is 10.1. The largest absolute Gasteiger partial charge is 0.339 e. The summed E-state index contributed by atoms with van der Waals surface area (Å²) in [5.74, 6) is -0.363. The fourth-order valence-electron chi connectivity index (χ4n) is 2.11. The first-order valence-corrected chi connectivity index (χ1v) is 6.85. The molecule has 3 rings (SSSR count). The van der Waals surface area contributed by atoms with E-state index in [1.807, 2.05) is 35.7 Å². The van der Waals surface area contributed by atoms with Gasteiger partial charge in [0.25, 0.3) is 5.91 Å². The summed E-state index contributed by atoms with van der Waals surface area (Å²) in [6, 6.07) is 10.7. The van der Waals surface area contributed by atoms with E-state index in [2.05, 4.69) is 10.6 Å². The summed E-state index contributed by atoms with van der Waals surface area (Å²) in [5.41, 5.74) is 1.87. The minimum Gasteiger partial charge on any atom is -0.339 e. The molecule has 0 spiro atoms. The van der Waals surface area contributed by atoms with Crippen LogP contribution in [0.3, 0.4) is 0 Å². The van der Waals surface area contributed by atoms with Gasteiger partial charge >= 0.3 is 0 Å². The highest BCUT2D eigenvalue weighted by atomic mass is 32.1. The average Bonchev–Trinajstić information content (AvgIpc) is 2.93. The second-order valence-electron chi connectivity index (χ2n) is 4.35. The normalized spacial score (nSPS) is 17.5. The number of rotatable bonds is 2. The first-order chi connectivity index (χ1) is 9.24. The Bertz CT molecular complexity index is 622. The van der Waals surface area contributed by atoms with Crippen LogP contribution in [0.5, 0.6) is 0 Å². The molecule has 1 aromatic heterocycles. The van der Waals surface area contributed by atoms with Crippen molar-refractivity contribution in [1.29, 1.82) is 0 Å². The quantitative estimate of drug-likeness (QED) is 0.879. The predicted octanol–water partition coefficient (Wildman–Crippen LogP) is 2.04. The molecule has 96 valence electrons. The second-order valence-corrected chi connectivity index (χ2v) is 5.30. The molecule has 1 aliphatic heterocycles. The van der Waals surface area contributed by atoms with Gasteiger partial charge in [-0.25, -0.2) is 0 Å². The zero-order chi connectivity index (χ0) is 13.2. The van der Waals surface area contributed by atoms with E-state index in [4.69, 9.17) is 0 Å². The van der Waals surface area contributed by atoms with Gasteiger partial charge in [-0.1, -0.05) is 24.3 Å². The summed E-state index contributed by atoms with van der Waals surface area (Å²) in [5, 5.41) is 7.42. The third-order valence-corrected chi connectivity index (χ3v) is 3.93. The van der Waals surface area contributed by atoms with Gasteiger partial charge in [-0.3, -0.25) is 9.59 Å².